The molecule has 5 rings (SSSR count). The van der Waals surface area contributed by atoms with Gasteiger partial charge in [-0.25, -0.2) is 0 Å². The number of phenolic OH excluding ortho intramolecular Hbond substituents is 1. The first kappa shape index (κ1) is 20.5. The zero-order chi connectivity index (χ0) is 21.6. The van der Waals surface area contributed by atoms with Crippen LogP contribution in [0.25, 0.3) is 11.3 Å². The summed E-state index contributed by atoms with van der Waals surface area (Å²) in [5.74, 6) is 1.41. The van der Waals surface area contributed by atoms with E-state index in [0.29, 0.717) is 29.2 Å². The van der Waals surface area contributed by atoms with E-state index in [1.54, 1.807) is 6.07 Å². The number of rotatable bonds is 4. The van der Waals surface area contributed by atoms with Crippen molar-refractivity contribution in [2.75, 3.05) is 36.8 Å². The van der Waals surface area contributed by atoms with Crippen molar-refractivity contribution in [2.24, 2.45) is 5.92 Å². The highest BCUT2D eigenvalue weighted by atomic mass is 16.3. The highest BCUT2D eigenvalue weighted by Gasteiger charge is 2.49. The molecule has 3 fully saturated rings. The SMILES string of the molecule is CC(C)(C1CCNCC1)N1C2CCC1CN(c1cc(-c3ccccc3O)nnc1N)C2. The number of aromatic hydroxyl groups is 1. The third-order valence-electron chi connectivity index (χ3n) is 7.81. The van der Waals surface area contributed by atoms with Crippen LogP contribution in [0.1, 0.15) is 39.5 Å². The van der Waals surface area contributed by atoms with Crippen molar-refractivity contribution in [3.63, 3.8) is 0 Å². The first-order valence-electron chi connectivity index (χ1n) is 11.6. The Morgan fingerprint density at radius 2 is 1.71 bits per heavy atom. The predicted octanol–water partition coefficient (Wildman–Crippen LogP) is 2.86. The molecule has 3 saturated heterocycles. The number of nitrogens with one attached hydrogen (secondary N) is 1. The molecule has 31 heavy (non-hydrogen) atoms. The number of fused-ring (bicyclic) bond motifs is 2. The van der Waals surface area contributed by atoms with Gasteiger partial charge in [0.2, 0.25) is 0 Å². The number of para-hydroxylation sites is 1. The number of piperazine rings is 1. The van der Waals surface area contributed by atoms with Crippen molar-refractivity contribution in [3.8, 4) is 17.0 Å². The molecule has 2 bridgehead atoms. The van der Waals surface area contributed by atoms with E-state index >= 15 is 0 Å². The molecule has 0 spiro atoms. The van der Waals surface area contributed by atoms with Gasteiger partial charge in [0.05, 0.1) is 11.4 Å². The smallest absolute Gasteiger partial charge is 0.169 e. The molecule has 0 amide bonds. The molecule has 0 radical (unpaired) electrons. The van der Waals surface area contributed by atoms with Crippen LogP contribution in [0.5, 0.6) is 5.75 Å². The average Bonchev–Trinajstić information content (AvgIpc) is 3.06. The van der Waals surface area contributed by atoms with Gasteiger partial charge in [0, 0.05) is 36.3 Å². The summed E-state index contributed by atoms with van der Waals surface area (Å²) in [6.07, 6.45) is 5.00. The number of aromatic nitrogens is 2. The number of phenols is 1. The molecule has 166 valence electrons. The van der Waals surface area contributed by atoms with E-state index in [1.165, 1.54) is 25.7 Å². The third-order valence-corrected chi connectivity index (χ3v) is 7.81. The van der Waals surface area contributed by atoms with Gasteiger partial charge < -0.3 is 21.1 Å². The number of nitrogen functional groups attached to an aromatic ring is 1. The van der Waals surface area contributed by atoms with E-state index in [9.17, 15) is 5.11 Å². The number of hydrogen-bond donors (Lipinski definition) is 3. The number of anilines is 2. The minimum absolute atomic E-state index is 0.209. The first-order chi connectivity index (χ1) is 14.9. The maximum absolute atomic E-state index is 10.3. The standard InChI is InChI=1S/C24H34N6O/c1-24(2,16-9-11-26-12-10-16)30-17-7-8-18(30)15-29(14-17)21-13-20(27-28-23(21)25)19-5-3-4-6-22(19)31/h3-6,13,16-18,26,31H,7-12,14-15H2,1-2H3,(H2,25,28). The van der Waals surface area contributed by atoms with E-state index in [-0.39, 0.29) is 11.3 Å². The number of benzene rings is 1. The summed E-state index contributed by atoms with van der Waals surface area (Å²) in [5, 5.41) is 22.3. The topological polar surface area (TPSA) is 90.5 Å². The summed E-state index contributed by atoms with van der Waals surface area (Å²) in [5.41, 5.74) is 8.78. The van der Waals surface area contributed by atoms with Crippen LogP contribution in [-0.2, 0) is 0 Å². The Morgan fingerprint density at radius 1 is 1.03 bits per heavy atom. The van der Waals surface area contributed by atoms with Gasteiger partial charge in [0.1, 0.15) is 5.75 Å². The largest absolute Gasteiger partial charge is 0.507 e. The summed E-state index contributed by atoms with van der Waals surface area (Å²) in [4.78, 5) is 5.22. The molecule has 0 aliphatic carbocycles. The Bertz CT molecular complexity index is 927. The fourth-order valence-corrected chi connectivity index (χ4v) is 6.25. The fourth-order valence-electron chi connectivity index (χ4n) is 6.25. The Morgan fingerprint density at radius 3 is 2.39 bits per heavy atom. The molecular formula is C24H34N6O. The maximum Gasteiger partial charge on any atom is 0.169 e. The van der Waals surface area contributed by atoms with Gasteiger partial charge in [-0.3, -0.25) is 4.90 Å². The number of nitrogens with zero attached hydrogens (tertiary/aromatic N) is 4. The van der Waals surface area contributed by atoms with Crippen molar-refractivity contribution in [2.45, 2.75) is 57.2 Å². The molecule has 7 heteroatoms. The van der Waals surface area contributed by atoms with E-state index in [1.807, 2.05) is 24.3 Å². The second-order valence-electron chi connectivity index (χ2n) is 9.89. The quantitative estimate of drug-likeness (QED) is 0.698. The van der Waals surface area contributed by atoms with Crippen LogP contribution in [0, 0.1) is 5.92 Å². The molecule has 0 saturated carbocycles. The van der Waals surface area contributed by atoms with Gasteiger partial charge in [0.25, 0.3) is 0 Å². The van der Waals surface area contributed by atoms with E-state index < -0.39 is 0 Å². The molecule has 4 heterocycles. The van der Waals surface area contributed by atoms with Crippen LogP contribution < -0.4 is 16.0 Å². The molecule has 1 aromatic carbocycles. The highest BCUT2D eigenvalue weighted by Crippen LogP contribution is 2.43. The minimum atomic E-state index is 0.209. The minimum Gasteiger partial charge on any atom is -0.507 e. The molecule has 3 aliphatic rings. The Balaban J connectivity index is 1.40. The molecule has 4 N–H and O–H groups in total. The van der Waals surface area contributed by atoms with Crippen LogP contribution in [-0.4, -0.2) is 64.0 Å². The van der Waals surface area contributed by atoms with Gasteiger partial charge in [0.15, 0.2) is 5.82 Å². The third kappa shape index (κ3) is 3.64. The summed E-state index contributed by atoms with van der Waals surface area (Å²) < 4.78 is 0. The van der Waals surface area contributed by atoms with Crippen molar-refractivity contribution in [1.82, 2.24) is 20.4 Å². The van der Waals surface area contributed by atoms with E-state index in [4.69, 9.17) is 5.73 Å². The average molecular weight is 423 g/mol. The second-order valence-corrected chi connectivity index (χ2v) is 9.89. The highest BCUT2D eigenvalue weighted by molar-refractivity contribution is 5.74. The lowest BCUT2D eigenvalue weighted by Crippen LogP contribution is -2.64. The molecule has 1 aromatic heterocycles. The van der Waals surface area contributed by atoms with Crippen LogP contribution in [0.4, 0.5) is 11.5 Å². The summed E-state index contributed by atoms with van der Waals surface area (Å²) in [7, 11) is 0. The normalized spacial score (nSPS) is 25.2. The van der Waals surface area contributed by atoms with Crippen LogP contribution in [0.2, 0.25) is 0 Å². The van der Waals surface area contributed by atoms with Gasteiger partial charge in [-0.1, -0.05) is 12.1 Å². The van der Waals surface area contributed by atoms with Gasteiger partial charge in [-0.15, -0.1) is 10.2 Å². The summed E-state index contributed by atoms with van der Waals surface area (Å²) in [6.45, 7) is 9.11. The monoisotopic (exact) mass is 422 g/mol. The van der Waals surface area contributed by atoms with E-state index in [0.717, 1.165) is 37.8 Å². The molecule has 2 aromatic rings. The molecular weight excluding hydrogens is 388 g/mol. The van der Waals surface area contributed by atoms with Crippen molar-refractivity contribution < 1.29 is 5.11 Å². The van der Waals surface area contributed by atoms with Gasteiger partial charge >= 0.3 is 0 Å². The predicted molar refractivity (Wildman–Crippen MR) is 124 cm³/mol. The van der Waals surface area contributed by atoms with Crippen molar-refractivity contribution in [3.05, 3.63) is 30.3 Å². The summed E-state index contributed by atoms with van der Waals surface area (Å²) in [6, 6.07) is 10.3. The second kappa shape index (κ2) is 7.95. The Labute approximate surface area is 184 Å². The summed E-state index contributed by atoms with van der Waals surface area (Å²) >= 11 is 0. The molecule has 2 atom stereocenters. The number of hydrogen-bond acceptors (Lipinski definition) is 7. The Kier molecular flexibility index (Phi) is 5.26. The van der Waals surface area contributed by atoms with Crippen molar-refractivity contribution >= 4 is 11.5 Å². The van der Waals surface area contributed by atoms with Gasteiger partial charge in [-0.05, 0) is 76.7 Å². The number of piperidine rings is 1. The zero-order valence-electron chi connectivity index (χ0n) is 18.6. The van der Waals surface area contributed by atoms with Crippen molar-refractivity contribution in [1.29, 1.82) is 0 Å². The van der Waals surface area contributed by atoms with Crippen LogP contribution in [0.3, 0.4) is 0 Å². The van der Waals surface area contributed by atoms with Crippen LogP contribution >= 0.6 is 0 Å². The van der Waals surface area contributed by atoms with E-state index in [2.05, 4.69) is 39.2 Å². The molecule has 7 nitrogen and oxygen atoms in total. The molecule has 2 unspecified atom stereocenters. The van der Waals surface area contributed by atoms with Crippen LogP contribution in [0.15, 0.2) is 30.3 Å². The first-order valence-corrected chi connectivity index (χ1v) is 11.6. The fraction of sp³-hybridized carbons (Fsp3) is 0.583. The lowest BCUT2D eigenvalue weighted by atomic mass is 9.78. The lowest BCUT2D eigenvalue weighted by Gasteiger charge is -2.53. The Hall–Kier alpha value is -2.38. The lowest BCUT2D eigenvalue weighted by molar-refractivity contribution is -0.00187. The number of nitrogens with two attached hydrogens (primary N) is 1. The zero-order valence-corrected chi connectivity index (χ0v) is 18.6. The van der Waals surface area contributed by atoms with Gasteiger partial charge in [-0.2, -0.15) is 0 Å². The molecule has 3 aliphatic heterocycles. The maximum atomic E-state index is 10.3.